The van der Waals surface area contributed by atoms with Crippen molar-refractivity contribution in [3.05, 3.63) is 0 Å². The molecule has 3 nitrogen and oxygen atoms in total. The van der Waals surface area contributed by atoms with Crippen molar-refractivity contribution in [1.82, 2.24) is 4.90 Å². The Balaban J connectivity index is 3.32. The largest absolute Gasteiger partial charge is 0.392 e. The lowest BCUT2D eigenvalue weighted by molar-refractivity contribution is -0.131. The molecule has 1 amide bonds. The number of carbonyl (C=O) groups is 1. The maximum Gasteiger partial charge on any atom is 0.222 e. The van der Waals surface area contributed by atoms with Crippen LogP contribution in [-0.4, -0.2) is 35.6 Å². The number of nitrogens with zero attached hydrogens (tertiary/aromatic N) is 1. The topological polar surface area (TPSA) is 40.5 Å². The summed E-state index contributed by atoms with van der Waals surface area (Å²) >= 11 is 0. The fraction of sp³-hybridized carbons (Fsp3) is 0.938. The van der Waals surface area contributed by atoms with Crippen LogP contribution in [0.5, 0.6) is 0 Å². The molecule has 0 aliphatic carbocycles. The number of aliphatic hydroxyl groups excluding tert-OH is 1. The van der Waals surface area contributed by atoms with E-state index in [0.29, 0.717) is 13.0 Å². The van der Waals surface area contributed by atoms with E-state index in [1.807, 2.05) is 0 Å². The first-order valence-corrected chi connectivity index (χ1v) is 8.00. The van der Waals surface area contributed by atoms with Crippen LogP contribution in [0.25, 0.3) is 0 Å². The molecule has 0 radical (unpaired) electrons. The van der Waals surface area contributed by atoms with Crippen LogP contribution in [0.2, 0.25) is 0 Å². The predicted molar refractivity (Wildman–Crippen MR) is 81.2 cm³/mol. The Bertz CT molecular complexity index is 217. The van der Waals surface area contributed by atoms with E-state index in [2.05, 4.69) is 6.92 Å². The van der Waals surface area contributed by atoms with Gasteiger partial charge in [-0.25, -0.2) is 0 Å². The van der Waals surface area contributed by atoms with Crippen LogP contribution in [0.15, 0.2) is 0 Å². The SMILES string of the molecule is CCCCCCCCCCCC(=O)N(C)CC(C)O. The molecule has 19 heavy (non-hydrogen) atoms. The minimum Gasteiger partial charge on any atom is -0.392 e. The average Bonchev–Trinajstić information content (AvgIpc) is 2.35. The number of likely N-dealkylation sites (N-methyl/N-ethyl adjacent to an activating group) is 1. The molecule has 0 heterocycles. The summed E-state index contributed by atoms with van der Waals surface area (Å²) in [6.07, 6.45) is 11.6. The van der Waals surface area contributed by atoms with E-state index in [4.69, 9.17) is 0 Å². The summed E-state index contributed by atoms with van der Waals surface area (Å²) in [6, 6.07) is 0. The fourth-order valence-electron chi connectivity index (χ4n) is 2.28. The van der Waals surface area contributed by atoms with E-state index in [9.17, 15) is 9.90 Å². The monoisotopic (exact) mass is 271 g/mol. The molecule has 0 saturated heterocycles. The Morgan fingerprint density at radius 1 is 1.00 bits per heavy atom. The van der Waals surface area contributed by atoms with Gasteiger partial charge in [0.2, 0.25) is 5.91 Å². The third kappa shape index (κ3) is 12.2. The summed E-state index contributed by atoms with van der Waals surface area (Å²) in [5.74, 6) is 0.156. The Hall–Kier alpha value is -0.570. The second kappa shape index (κ2) is 12.5. The van der Waals surface area contributed by atoms with E-state index in [1.165, 1.54) is 44.9 Å². The maximum absolute atomic E-state index is 11.7. The molecule has 1 N–H and O–H groups in total. The molecule has 3 heteroatoms. The number of rotatable bonds is 12. The Morgan fingerprint density at radius 3 is 1.95 bits per heavy atom. The third-order valence-electron chi connectivity index (χ3n) is 3.46. The number of aliphatic hydroxyl groups is 1. The molecule has 114 valence electrons. The fourth-order valence-corrected chi connectivity index (χ4v) is 2.28. The Kier molecular flexibility index (Phi) is 12.1. The molecule has 0 saturated carbocycles. The summed E-state index contributed by atoms with van der Waals surface area (Å²) in [7, 11) is 1.77. The van der Waals surface area contributed by atoms with Crippen molar-refractivity contribution in [2.24, 2.45) is 0 Å². The minimum absolute atomic E-state index is 0.156. The highest BCUT2D eigenvalue weighted by atomic mass is 16.3. The van der Waals surface area contributed by atoms with Crippen LogP contribution in [-0.2, 0) is 4.79 Å². The van der Waals surface area contributed by atoms with Crippen molar-refractivity contribution in [3.8, 4) is 0 Å². The second-order valence-corrected chi connectivity index (χ2v) is 5.70. The molecule has 0 aliphatic heterocycles. The van der Waals surface area contributed by atoms with Gasteiger partial charge in [0.05, 0.1) is 6.10 Å². The lowest BCUT2D eigenvalue weighted by Gasteiger charge is -2.18. The lowest BCUT2D eigenvalue weighted by Crippen LogP contribution is -2.32. The molecule has 0 aliphatic rings. The van der Waals surface area contributed by atoms with E-state index < -0.39 is 6.10 Å². The number of unbranched alkanes of at least 4 members (excludes halogenated alkanes) is 8. The Morgan fingerprint density at radius 2 is 1.47 bits per heavy atom. The summed E-state index contributed by atoms with van der Waals surface area (Å²) in [4.78, 5) is 13.3. The van der Waals surface area contributed by atoms with Crippen molar-refractivity contribution in [2.45, 2.75) is 84.2 Å². The molecule has 1 unspecified atom stereocenters. The van der Waals surface area contributed by atoms with Crippen molar-refractivity contribution < 1.29 is 9.90 Å². The van der Waals surface area contributed by atoms with Gasteiger partial charge in [0, 0.05) is 20.0 Å². The Labute approximate surface area is 119 Å². The van der Waals surface area contributed by atoms with Crippen LogP contribution in [0.1, 0.15) is 78.1 Å². The predicted octanol–water partition coefficient (Wildman–Crippen LogP) is 3.75. The molecular formula is C16H33NO2. The van der Waals surface area contributed by atoms with Crippen molar-refractivity contribution in [2.75, 3.05) is 13.6 Å². The van der Waals surface area contributed by atoms with Gasteiger partial charge < -0.3 is 10.0 Å². The van der Waals surface area contributed by atoms with Crippen LogP contribution >= 0.6 is 0 Å². The normalized spacial score (nSPS) is 12.4. The summed E-state index contributed by atoms with van der Waals surface area (Å²) < 4.78 is 0. The lowest BCUT2D eigenvalue weighted by atomic mass is 10.1. The molecule has 0 fully saturated rings. The van der Waals surface area contributed by atoms with Crippen LogP contribution in [0.3, 0.4) is 0 Å². The highest BCUT2D eigenvalue weighted by molar-refractivity contribution is 5.75. The van der Waals surface area contributed by atoms with Gasteiger partial charge in [-0.1, -0.05) is 58.3 Å². The first kappa shape index (κ1) is 18.4. The molecule has 0 rings (SSSR count). The van der Waals surface area contributed by atoms with E-state index >= 15 is 0 Å². The van der Waals surface area contributed by atoms with Crippen LogP contribution in [0.4, 0.5) is 0 Å². The van der Waals surface area contributed by atoms with Crippen LogP contribution < -0.4 is 0 Å². The number of carbonyl (C=O) groups excluding carboxylic acids is 1. The van der Waals surface area contributed by atoms with E-state index in [-0.39, 0.29) is 5.91 Å². The smallest absolute Gasteiger partial charge is 0.222 e. The number of amides is 1. The minimum atomic E-state index is -0.433. The quantitative estimate of drug-likeness (QED) is 0.549. The molecule has 0 spiro atoms. The van der Waals surface area contributed by atoms with Gasteiger partial charge in [-0.05, 0) is 13.3 Å². The summed E-state index contributed by atoms with van der Waals surface area (Å²) in [6.45, 7) is 4.39. The highest BCUT2D eigenvalue weighted by Gasteiger charge is 2.09. The van der Waals surface area contributed by atoms with Gasteiger partial charge in [-0.2, -0.15) is 0 Å². The molecule has 0 aromatic rings. The van der Waals surface area contributed by atoms with Gasteiger partial charge in [0.15, 0.2) is 0 Å². The van der Waals surface area contributed by atoms with Crippen molar-refractivity contribution >= 4 is 5.91 Å². The third-order valence-corrected chi connectivity index (χ3v) is 3.46. The first-order chi connectivity index (χ1) is 9.07. The zero-order valence-electron chi connectivity index (χ0n) is 13.2. The summed E-state index contributed by atoms with van der Waals surface area (Å²) in [5.41, 5.74) is 0. The van der Waals surface area contributed by atoms with E-state index in [0.717, 1.165) is 12.8 Å². The zero-order chi connectivity index (χ0) is 14.5. The van der Waals surface area contributed by atoms with Gasteiger partial charge >= 0.3 is 0 Å². The molecular weight excluding hydrogens is 238 g/mol. The maximum atomic E-state index is 11.7. The highest BCUT2D eigenvalue weighted by Crippen LogP contribution is 2.11. The van der Waals surface area contributed by atoms with Gasteiger partial charge in [-0.15, -0.1) is 0 Å². The standard InChI is InChI=1S/C16H33NO2/c1-4-5-6-7-8-9-10-11-12-13-16(19)17(3)14-15(2)18/h15,18H,4-14H2,1-3H3. The van der Waals surface area contributed by atoms with E-state index in [1.54, 1.807) is 18.9 Å². The number of hydrogen-bond donors (Lipinski definition) is 1. The number of hydrogen-bond acceptors (Lipinski definition) is 2. The molecule has 0 aromatic heterocycles. The average molecular weight is 271 g/mol. The van der Waals surface area contributed by atoms with Gasteiger partial charge in [-0.3, -0.25) is 4.79 Å². The molecule has 0 aromatic carbocycles. The van der Waals surface area contributed by atoms with Crippen molar-refractivity contribution in [1.29, 1.82) is 0 Å². The van der Waals surface area contributed by atoms with Crippen LogP contribution in [0, 0.1) is 0 Å². The van der Waals surface area contributed by atoms with Crippen molar-refractivity contribution in [3.63, 3.8) is 0 Å². The molecule has 1 atom stereocenters. The second-order valence-electron chi connectivity index (χ2n) is 5.70. The first-order valence-electron chi connectivity index (χ1n) is 8.00. The summed E-state index contributed by atoms with van der Waals surface area (Å²) in [5, 5.41) is 9.21. The molecule has 0 bridgehead atoms. The van der Waals surface area contributed by atoms with Gasteiger partial charge in [0.1, 0.15) is 0 Å². The zero-order valence-corrected chi connectivity index (χ0v) is 13.2. The van der Waals surface area contributed by atoms with Gasteiger partial charge in [0.25, 0.3) is 0 Å².